The van der Waals surface area contributed by atoms with Crippen molar-refractivity contribution in [1.29, 1.82) is 0 Å². The summed E-state index contributed by atoms with van der Waals surface area (Å²) in [6.45, 7) is 2.17. The maximum Gasteiger partial charge on any atom is 0.306 e. The van der Waals surface area contributed by atoms with Gasteiger partial charge in [0.25, 0.3) is 0 Å². The molecular weight excluding hydrogens is 268 g/mol. The lowest BCUT2D eigenvalue weighted by Crippen LogP contribution is -2.40. The van der Waals surface area contributed by atoms with E-state index in [0.717, 1.165) is 5.56 Å². The van der Waals surface area contributed by atoms with Crippen LogP contribution < -0.4 is 21.9 Å². The quantitative estimate of drug-likeness (QED) is 0.600. The zero-order chi connectivity index (χ0) is 13.7. The second-order valence-electron chi connectivity index (χ2n) is 4.19. The van der Waals surface area contributed by atoms with Gasteiger partial charge < -0.3 is 4.74 Å². The normalized spacial score (nSPS) is 17.4. The average molecular weight is 285 g/mol. The molecule has 1 heterocycles. The van der Waals surface area contributed by atoms with E-state index in [1.165, 1.54) is 0 Å². The van der Waals surface area contributed by atoms with Gasteiger partial charge in [0.15, 0.2) is 0 Å². The first-order valence-electron chi connectivity index (χ1n) is 6.13. The molecule has 1 atom stereocenters. The standard InChI is InChI=1S/C12H17ClN4O2/c1-2-19-11(18)7-10(12-14-16-17-15-12)8-4-3-5-9(13)6-8/h3-6,10,12,14-17H,2,7H2,1H3. The van der Waals surface area contributed by atoms with Crippen LogP contribution in [-0.2, 0) is 9.53 Å². The van der Waals surface area contributed by atoms with E-state index in [1.807, 2.05) is 18.2 Å². The summed E-state index contributed by atoms with van der Waals surface area (Å²) in [6.07, 6.45) is 0.130. The van der Waals surface area contributed by atoms with Crippen molar-refractivity contribution < 1.29 is 9.53 Å². The smallest absolute Gasteiger partial charge is 0.306 e. The molecule has 1 unspecified atom stereocenters. The van der Waals surface area contributed by atoms with Crippen molar-refractivity contribution in [2.75, 3.05) is 6.61 Å². The van der Waals surface area contributed by atoms with Crippen LogP contribution in [0, 0.1) is 0 Å². The van der Waals surface area contributed by atoms with Gasteiger partial charge in [-0.15, -0.1) is 0 Å². The topological polar surface area (TPSA) is 74.4 Å². The summed E-state index contributed by atoms with van der Waals surface area (Å²) in [5.74, 6) is -0.330. The van der Waals surface area contributed by atoms with Gasteiger partial charge in [0.2, 0.25) is 0 Å². The van der Waals surface area contributed by atoms with E-state index in [4.69, 9.17) is 16.3 Å². The van der Waals surface area contributed by atoms with Gasteiger partial charge >= 0.3 is 5.97 Å². The molecule has 1 fully saturated rings. The van der Waals surface area contributed by atoms with Crippen LogP contribution in [0.4, 0.5) is 0 Å². The van der Waals surface area contributed by atoms with Crippen LogP contribution >= 0.6 is 11.6 Å². The number of hydrazine groups is 3. The lowest BCUT2D eigenvalue weighted by Gasteiger charge is -2.22. The molecule has 19 heavy (non-hydrogen) atoms. The molecule has 1 aliphatic heterocycles. The van der Waals surface area contributed by atoms with E-state index in [9.17, 15) is 4.79 Å². The second-order valence-corrected chi connectivity index (χ2v) is 4.62. The summed E-state index contributed by atoms with van der Waals surface area (Å²) < 4.78 is 5.02. The van der Waals surface area contributed by atoms with Crippen molar-refractivity contribution in [2.45, 2.75) is 25.4 Å². The van der Waals surface area contributed by atoms with Crippen molar-refractivity contribution in [3.05, 3.63) is 34.9 Å². The summed E-state index contributed by atoms with van der Waals surface area (Å²) in [5.41, 5.74) is 12.5. The molecule has 0 bridgehead atoms. The van der Waals surface area contributed by atoms with Gasteiger partial charge in [-0.1, -0.05) is 23.7 Å². The predicted octanol–water partition coefficient (Wildman–Crippen LogP) is 0.820. The molecule has 0 aromatic heterocycles. The molecule has 4 N–H and O–H groups in total. The highest BCUT2D eigenvalue weighted by Crippen LogP contribution is 2.25. The maximum absolute atomic E-state index is 11.7. The lowest BCUT2D eigenvalue weighted by atomic mass is 9.93. The summed E-state index contributed by atoms with van der Waals surface area (Å²) in [5, 5.41) is 0.644. The van der Waals surface area contributed by atoms with E-state index in [0.29, 0.717) is 11.6 Å². The summed E-state index contributed by atoms with van der Waals surface area (Å²) in [6, 6.07) is 7.47. The van der Waals surface area contributed by atoms with Gasteiger partial charge in [0, 0.05) is 10.9 Å². The Morgan fingerprint density at radius 3 is 2.79 bits per heavy atom. The molecule has 0 aliphatic carbocycles. The van der Waals surface area contributed by atoms with Gasteiger partial charge in [-0.2, -0.15) is 11.1 Å². The highest BCUT2D eigenvalue weighted by atomic mass is 35.5. The number of hydrogen-bond acceptors (Lipinski definition) is 6. The molecule has 1 saturated heterocycles. The summed E-state index contributed by atoms with van der Waals surface area (Å²) in [7, 11) is 0. The molecule has 7 heteroatoms. The third kappa shape index (κ3) is 3.89. The van der Waals surface area contributed by atoms with Crippen molar-refractivity contribution >= 4 is 17.6 Å². The zero-order valence-corrected chi connectivity index (χ0v) is 11.3. The van der Waals surface area contributed by atoms with Gasteiger partial charge in [-0.25, -0.2) is 10.9 Å². The highest BCUT2D eigenvalue weighted by molar-refractivity contribution is 6.30. The van der Waals surface area contributed by atoms with Gasteiger partial charge in [0.05, 0.1) is 19.2 Å². The zero-order valence-electron chi connectivity index (χ0n) is 10.6. The van der Waals surface area contributed by atoms with Gasteiger partial charge in [-0.05, 0) is 24.6 Å². The molecule has 0 spiro atoms. The molecule has 0 saturated carbocycles. The van der Waals surface area contributed by atoms with Crippen LogP contribution in [0.25, 0.3) is 0 Å². The van der Waals surface area contributed by atoms with E-state index in [-0.39, 0.29) is 24.5 Å². The first-order valence-corrected chi connectivity index (χ1v) is 6.50. The first-order chi connectivity index (χ1) is 9.20. The minimum Gasteiger partial charge on any atom is -0.466 e. The van der Waals surface area contributed by atoms with Crippen LogP contribution in [0.15, 0.2) is 24.3 Å². The third-order valence-corrected chi connectivity index (χ3v) is 3.12. The van der Waals surface area contributed by atoms with Gasteiger partial charge in [0.1, 0.15) is 0 Å². The molecule has 1 aromatic rings. The second kappa shape index (κ2) is 6.83. The average Bonchev–Trinajstić information content (AvgIpc) is 2.90. The highest BCUT2D eigenvalue weighted by Gasteiger charge is 2.28. The lowest BCUT2D eigenvalue weighted by molar-refractivity contribution is -0.143. The van der Waals surface area contributed by atoms with Crippen LogP contribution in [0.3, 0.4) is 0 Å². The van der Waals surface area contributed by atoms with Crippen LogP contribution in [0.2, 0.25) is 5.02 Å². The number of benzene rings is 1. The Labute approximate surface area is 116 Å². The number of ether oxygens (including phenoxy) is 1. The van der Waals surface area contributed by atoms with Crippen LogP contribution in [0.5, 0.6) is 0 Å². The number of carbonyl (C=O) groups is 1. The number of carbonyl (C=O) groups excluding carboxylic acids is 1. The number of esters is 1. The van der Waals surface area contributed by atoms with Crippen molar-refractivity contribution in [1.82, 2.24) is 21.9 Å². The molecule has 6 nitrogen and oxygen atoms in total. The van der Waals surface area contributed by atoms with Gasteiger partial charge in [-0.3, -0.25) is 4.79 Å². The SMILES string of the molecule is CCOC(=O)CC(c1cccc(Cl)c1)C1NNNN1. The molecule has 2 rings (SSSR count). The molecule has 0 amide bonds. The minimum atomic E-state index is -0.233. The first kappa shape index (κ1) is 14.2. The molecular formula is C12H17ClN4O2. The molecule has 1 aromatic carbocycles. The minimum absolute atomic E-state index is 0.0970. The van der Waals surface area contributed by atoms with E-state index in [2.05, 4.69) is 21.9 Å². The van der Waals surface area contributed by atoms with E-state index < -0.39 is 0 Å². The van der Waals surface area contributed by atoms with E-state index >= 15 is 0 Å². The van der Waals surface area contributed by atoms with Crippen molar-refractivity contribution in [3.63, 3.8) is 0 Å². The molecule has 1 aliphatic rings. The van der Waals surface area contributed by atoms with Crippen molar-refractivity contribution in [2.24, 2.45) is 0 Å². The number of rotatable bonds is 5. The summed E-state index contributed by atoms with van der Waals surface area (Å²) >= 11 is 6.01. The largest absolute Gasteiger partial charge is 0.466 e. The Bertz CT molecular complexity index is 437. The fourth-order valence-electron chi connectivity index (χ4n) is 2.03. The Morgan fingerprint density at radius 2 is 2.16 bits per heavy atom. The van der Waals surface area contributed by atoms with Crippen LogP contribution in [-0.4, -0.2) is 18.7 Å². The molecule has 104 valence electrons. The third-order valence-electron chi connectivity index (χ3n) is 2.89. The van der Waals surface area contributed by atoms with Crippen molar-refractivity contribution in [3.8, 4) is 0 Å². The Hall–Kier alpha value is -1.18. The predicted molar refractivity (Wildman–Crippen MR) is 71.8 cm³/mol. The Kier molecular flexibility index (Phi) is 5.12. The molecule has 0 radical (unpaired) electrons. The number of halogens is 1. The van der Waals surface area contributed by atoms with Crippen LogP contribution in [0.1, 0.15) is 24.8 Å². The fraction of sp³-hybridized carbons (Fsp3) is 0.417. The maximum atomic E-state index is 11.7. The summed E-state index contributed by atoms with van der Waals surface area (Å²) in [4.78, 5) is 11.7. The fourth-order valence-corrected chi connectivity index (χ4v) is 2.23. The number of nitrogens with one attached hydrogen (secondary N) is 4. The number of hydrogen-bond donors (Lipinski definition) is 4. The van der Waals surface area contributed by atoms with E-state index in [1.54, 1.807) is 13.0 Å². The monoisotopic (exact) mass is 284 g/mol. The Balaban J connectivity index is 2.15. The Morgan fingerprint density at radius 1 is 1.42 bits per heavy atom.